The Hall–Kier alpha value is -3.29. The number of hydrogen-bond donors (Lipinski definition) is 2. The summed E-state index contributed by atoms with van der Waals surface area (Å²) in [5.41, 5.74) is -0.902. The summed E-state index contributed by atoms with van der Waals surface area (Å²) in [7, 11) is 0. The van der Waals surface area contributed by atoms with Crippen LogP contribution in [0.1, 0.15) is 68.9 Å². The molecule has 0 saturated carbocycles. The number of carbonyl (C=O) groups is 3. The summed E-state index contributed by atoms with van der Waals surface area (Å²) in [4.78, 5) is 38.3. The fraction of sp³-hybridized carbons (Fsp3) is 0.423. The van der Waals surface area contributed by atoms with Gasteiger partial charge < -0.3 is 15.4 Å². The van der Waals surface area contributed by atoms with Crippen molar-refractivity contribution in [2.24, 2.45) is 0 Å². The Kier molecular flexibility index (Phi) is 8.53. The highest BCUT2D eigenvalue weighted by molar-refractivity contribution is 5.99. The molecule has 6 nitrogen and oxygen atoms in total. The number of alkyl carbamates (subject to hydrolysis) is 1. The summed E-state index contributed by atoms with van der Waals surface area (Å²) >= 11 is 0. The monoisotopic (exact) mass is 474 g/mol. The number of halogens is 2. The van der Waals surface area contributed by atoms with Gasteiger partial charge in [0, 0.05) is 17.0 Å². The molecule has 0 radical (unpaired) electrons. The topological polar surface area (TPSA) is 84.5 Å². The molecule has 0 aliphatic heterocycles. The molecule has 0 aliphatic carbocycles. The average molecular weight is 475 g/mol. The van der Waals surface area contributed by atoms with Crippen molar-refractivity contribution < 1.29 is 27.9 Å². The van der Waals surface area contributed by atoms with Gasteiger partial charge in [-0.3, -0.25) is 9.59 Å². The van der Waals surface area contributed by atoms with E-state index in [4.69, 9.17) is 4.74 Å². The minimum Gasteiger partial charge on any atom is -0.444 e. The largest absolute Gasteiger partial charge is 0.444 e. The van der Waals surface area contributed by atoms with E-state index in [1.165, 1.54) is 24.3 Å². The molecule has 1 atom stereocenters. The van der Waals surface area contributed by atoms with E-state index in [9.17, 15) is 23.2 Å². The number of ether oxygens (including phenoxy) is 1. The SMILES string of the molecule is CC(C)(C)NC(=O)c1ccc(F)cc1[C@@H](Cc1ccccc1F)C(=O)CNC(=O)OC(C)(C)C. The van der Waals surface area contributed by atoms with Crippen LogP contribution < -0.4 is 10.6 Å². The minimum absolute atomic E-state index is 0.100. The standard InChI is InChI=1S/C26H32F2N2O4/c1-25(2,3)30-23(32)18-12-11-17(27)14-19(18)20(13-16-9-7-8-10-21(16)28)22(31)15-29-24(33)34-26(4,5)6/h7-12,14,20H,13,15H2,1-6H3,(H,29,33)(H,30,32)/t20-/m1/s1. The van der Waals surface area contributed by atoms with Crippen LogP contribution in [0.2, 0.25) is 0 Å². The van der Waals surface area contributed by atoms with Crippen molar-refractivity contribution in [3.63, 3.8) is 0 Å². The molecule has 0 unspecified atom stereocenters. The van der Waals surface area contributed by atoms with Gasteiger partial charge in [0.05, 0.1) is 6.54 Å². The molecule has 0 fully saturated rings. The first-order valence-corrected chi connectivity index (χ1v) is 11.0. The van der Waals surface area contributed by atoms with Gasteiger partial charge in [-0.05, 0) is 83.4 Å². The maximum atomic E-state index is 14.4. The fourth-order valence-corrected chi connectivity index (χ4v) is 3.31. The summed E-state index contributed by atoms with van der Waals surface area (Å²) in [6.07, 6.45) is -0.920. The Morgan fingerprint density at radius 2 is 1.62 bits per heavy atom. The molecule has 184 valence electrons. The van der Waals surface area contributed by atoms with Crippen LogP contribution in [0.15, 0.2) is 42.5 Å². The van der Waals surface area contributed by atoms with Crippen molar-refractivity contribution in [1.29, 1.82) is 0 Å². The molecule has 2 amide bonds. The highest BCUT2D eigenvalue weighted by Gasteiger charge is 2.29. The van der Waals surface area contributed by atoms with E-state index in [0.717, 1.165) is 12.1 Å². The van der Waals surface area contributed by atoms with Crippen LogP contribution in [-0.2, 0) is 16.0 Å². The third-order valence-corrected chi connectivity index (χ3v) is 4.70. The number of amides is 2. The third kappa shape index (κ3) is 8.24. The lowest BCUT2D eigenvalue weighted by atomic mass is 9.85. The second kappa shape index (κ2) is 10.8. The molecule has 0 spiro atoms. The van der Waals surface area contributed by atoms with Crippen molar-refractivity contribution in [3.8, 4) is 0 Å². The molecular formula is C26H32F2N2O4. The smallest absolute Gasteiger partial charge is 0.408 e. The van der Waals surface area contributed by atoms with Gasteiger partial charge in [0.25, 0.3) is 5.91 Å². The highest BCUT2D eigenvalue weighted by Crippen LogP contribution is 2.28. The first kappa shape index (κ1) is 27.0. The van der Waals surface area contributed by atoms with Crippen LogP contribution in [-0.4, -0.2) is 35.5 Å². The van der Waals surface area contributed by atoms with E-state index in [1.807, 2.05) is 0 Å². The summed E-state index contributed by atoms with van der Waals surface area (Å²) in [6.45, 7) is 9.99. The number of carbonyl (C=O) groups excluding carboxylic acids is 3. The predicted molar refractivity (Wildman–Crippen MR) is 126 cm³/mol. The first-order chi connectivity index (χ1) is 15.7. The van der Waals surface area contributed by atoms with Gasteiger partial charge in [-0.1, -0.05) is 18.2 Å². The van der Waals surface area contributed by atoms with E-state index >= 15 is 0 Å². The van der Waals surface area contributed by atoms with Crippen LogP contribution in [0, 0.1) is 11.6 Å². The van der Waals surface area contributed by atoms with Crippen molar-refractivity contribution in [1.82, 2.24) is 10.6 Å². The normalized spacial score (nSPS) is 12.6. The molecule has 0 aromatic heterocycles. The van der Waals surface area contributed by atoms with E-state index in [-0.39, 0.29) is 23.1 Å². The zero-order valence-electron chi connectivity index (χ0n) is 20.4. The molecule has 2 N–H and O–H groups in total. The van der Waals surface area contributed by atoms with Crippen LogP contribution in [0.5, 0.6) is 0 Å². The summed E-state index contributed by atoms with van der Waals surface area (Å²) in [5.74, 6) is -3.28. The predicted octanol–water partition coefficient (Wildman–Crippen LogP) is 4.91. The van der Waals surface area contributed by atoms with E-state index < -0.39 is 53.0 Å². The molecule has 0 saturated heterocycles. The van der Waals surface area contributed by atoms with Crippen molar-refractivity contribution in [2.45, 2.75) is 65.0 Å². The Labute approximate surface area is 199 Å². The molecule has 0 bridgehead atoms. The summed E-state index contributed by atoms with van der Waals surface area (Å²) in [5, 5.41) is 5.20. The molecule has 8 heteroatoms. The second-order valence-electron chi connectivity index (χ2n) is 10.1. The fourth-order valence-electron chi connectivity index (χ4n) is 3.31. The van der Waals surface area contributed by atoms with Gasteiger partial charge in [-0.25, -0.2) is 13.6 Å². The van der Waals surface area contributed by atoms with Gasteiger partial charge in [-0.2, -0.15) is 0 Å². The Bertz CT molecular complexity index is 1060. The Balaban J connectivity index is 2.44. The number of ketones is 1. The van der Waals surface area contributed by atoms with Crippen LogP contribution in [0.25, 0.3) is 0 Å². The van der Waals surface area contributed by atoms with Gasteiger partial charge in [0.1, 0.15) is 17.2 Å². The third-order valence-electron chi connectivity index (χ3n) is 4.70. The molecule has 34 heavy (non-hydrogen) atoms. The zero-order chi connectivity index (χ0) is 25.7. The van der Waals surface area contributed by atoms with Crippen molar-refractivity contribution in [2.75, 3.05) is 6.54 Å². The molecule has 2 rings (SSSR count). The van der Waals surface area contributed by atoms with Crippen LogP contribution in [0.3, 0.4) is 0 Å². The van der Waals surface area contributed by atoms with E-state index in [1.54, 1.807) is 47.6 Å². The number of hydrogen-bond acceptors (Lipinski definition) is 4. The number of nitrogens with one attached hydrogen (secondary N) is 2. The van der Waals surface area contributed by atoms with Crippen LogP contribution in [0.4, 0.5) is 13.6 Å². The minimum atomic E-state index is -1.09. The molecule has 2 aromatic carbocycles. The number of benzene rings is 2. The average Bonchev–Trinajstić information content (AvgIpc) is 2.68. The second-order valence-corrected chi connectivity index (χ2v) is 10.1. The molecular weight excluding hydrogens is 442 g/mol. The molecule has 2 aromatic rings. The van der Waals surface area contributed by atoms with Gasteiger partial charge in [-0.15, -0.1) is 0 Å². The highest BCUT2D eigenvalue weighted by atomic mass is 19.1. The maximum Gasteiger partial charge on any atom is 0.408 e. The lowest BCUT2D eigenvalue weighted by Crippen LogP contribution is -2.41. The van der Waals surface area contributed by atoms with Crippen molar-refractivity contribution in [3.05, 3.63) is 70.8 Å². The van der Waals surface area contributed by atoms with Crippen LogP contribution >= 0.6 is 0 Å². The van der Waals surface area contributed by atoms with E-state index in [0.29, 0.717) is 0 Å². The zero-order valence-corrected chi connectivity index (χ0v) is 20.4. The quantitative estimate of drug-likeness (QED) is 0.597. The van der Waals surface area contributed by atoms with Gasteiger partial charge in [0.15, 0.2) is 5.78 Å². The first-order valence-electron chi connectivity index (χ1n) is 11.0. The lowest BCUT2D eigenvalue weighted by Gasteiger charge is -2.24. The maximum absolute atomic E-state index is 14.4. The molecule has 0 aliphatic rings. The van der Waals surface area contributed by atoms with Gasteiger partial charge in [0.2, 0.25) is 0 Å². The lowest BCUT2D eigenvalue weighted by molar-refractivity contribution is -0.119. The number of Topliss-reactive ketones (excluding diaryl/α,β-unsaturated/α-hetero) is 1. The van der Waals surface area contributed by atoms with Crippen molar-refractivity contribution >= 4 is 17.8 Å². The number of rotatable bonds is 7. The Morgan fingerprint density at radius 1 is 0.971 bits per heavy atom. The summed E-state index contributed by atoms with van der Waals surface area (Å²) < 4.78 is 33.9. The van der Waals surface area contributed by atoms with Gasteiger partial charge >= 0.3 is 6.09 Å². The molecule has 0 heterocycles. The summed E-state index contributed by atoms with van der Waals surface area (Å²) in [6, 6.07) is 9.45. The van der Waals surface area contributed by atoms with E-state index in [2.05, 4.69) is 10.6 Å². The Morgan fingerprint density at radius 3 is 2.21 bits per heavy atom.